The molecule has 0 aromatic carbocycles. The third kappa shape index (κ3) is 26.4. The zero-order chi connectivity index (χ0) is 8.73. The first-order chi connectivity index (χ1) is 4.37. The average Bonchev–Trinajstić information content (AvgIpc) is 1.63. The van der Waals surface area contributed by atoms with Crippen molar-refractivity contribution in [2.24, 2.45) is 0 Å². The van der Waals surface area contributed by atoms with Crippen molar-refractivity contribution in [1.29, 1.82) is 0 Å². The maximum atomic E-state index is 9.45. The second-order valence-electron chi connectivity index (χ2n) is 1.65. The quantitative estimate of drug-likeness (QED) is 0.353. The SMILES string of the molecule is CC(O)C(=O)O.CC(O)O. The smallest absolute Gasteiger partial charge is 0.332 e. The van der Waals surface area contributed by atoms with Crippen LogP contribution in [0.3, 0.4) is 0 Å². The van der Waals surface area contributed by atoms with Gasteiger partial charge in [-0.2, -0.15) is 0 Å². The first-order valence-electron chi connectivity index (χ1n) is 2.65. The molecule has 0 heterocycles. The van der Waals surface area contributed by atoms with Crippen LogP contribution in [0.15, 0.2) is 0 Å². The van der Waals surface area contributed by atoms with E-state index in [1.165, 1.54) is 13.8 Å². The number of hydrogen-bond acceptors (Lipinski definition) is 4. The highest BCUT2D eigenvalue weighted by Crippen LogP contribution is 1.73. The molecule has 0 fully saturated rings. The molecule has 0 amide bonds. The fraction of sp³-hybridized carbons (Fsp3) is 0.800. The molecule has 62 valence electrons. The summed E-state index contributed by atoms with van der Waals surface area (Å²) in [7, 11) is 0. The highest BCUT2D eigenvalue weighted by atomic mass is 16.5. The van der Waals surface area contributed by atoms with Gasteiger partial charge in [-0.1, -0.05) is 0 Å². The van der Waals surface area contributed by atoms with Crippen LogP contribution in [-0.2, 0) is 4.79 Å². The number of carbonyl (C=O) groups is 1. The summed E-state index contributed by atoms with van der Waals surface area (Å²) in [6, 6.07) is 0. The Morgan fingerprint density at radius 1 is 1.20 bits per heavy atom. The molecule has 5 heteroatoms. The fourth-order valence-corrected chi connectivity index (χ4v) is 0. The molecule has 0 aliphatic carbocycles. The summed E-state index contributed by atoms with van der Waals surface area (Å²) in [5.41, 5.74) is 0. The van der Waals surface area contributed by atoms with Crippen molar-refractivity contribution < 1.29 is 25.2 Å². The van der Waals surface area contributed by atoms with E-state index in [9.17, 15) is 4.79 Å². The zero-order valence-electron chi connectivity index (χ0n) is 5.85. The Morgan fingerprint density at radius 3 is 1.30 bits per heavy atom. The zero-order valence-corrected chi connectivity index (χ0v) is 5.85. The van der Waals surface area contributed by atoms with Gasteiger partial charge in [0.2, 0.25) is 0 Å². The average molecular weight is 152 g/mol. The molecule has 0 saturated carbocycles. The number of aliphatic hydroxyl groups is 3. The molecule has 5 nitrogen and oxygen atoms in total. The lowest BCUT2D eigenvalue weighted by Gasteiger charge is -1.89. The highest BCUT2D eigenvalue weighted by Gasteiger charge is 2.01. The first-order valence-corrected chi connectivity index (χ1v) is 2.65. The van der Waals surface area contributed by atoms with Gasteiger partial charge < -0.3 is 20.4 Å². The minimum Gasteiger partial charge on any atom is -0.479 e. The van der Waals surface area contributed by atoms with Gasteiger partial charge in [0.25, 0.3) is 0 Å². The normalized spacial score (nSPS) is 11.8. The van der Waals surface area contributed by atoms with Crippen molar-refractivity contribution >= 4 is 5.97 Å². The van der Waals surface area contributed by atoms with E-state index in [0.29, 0.717) is 0 Å². The Balaban J connectivity index is 0. The van der Waals surface area contributed by atoms with E-state index < -0.39 is 18.4 Å². The summed E-state index contributed by atoms with van der Waals surface area (Å²) in [5.74, 6) is -1.19. The van der Waals surface area contributed by atoms with E-state index in [-0.39, 0.29) is 0 Å². The molecule has 0 saturated heterocycles. The van der Waals surface area contributed by atoms with Gasteiger partial charge in [-0.15, -0.1) is 0 Å². The molecule has 0 aromatic rings. The van der Waals surface area contributed by atoms with Gasteiger partial charge in [0.1, 0.15) is 12.4 Å². The number of aliphatic carboxylic acids is 1. The maximum absolute atomic E-state index is 9.45. The lowest BCUT2D eigenvalue weighted by atomic mass is 10.4. The van der Waals surface area contributed by atoms with Gasteiger partial charge in [-0.3, -0.25) is 0 Å². The molecule has 0 rings (SSSR count). The molecule has 0 aliphatic rings. The fourth-order valence-electron chi connectivity index (χ4n) is 0. The monoisotopic (exact) mass is 152 g/mol. The van der Waals surface area contributed by atoms with Crippen LogP contribution in [0, 0.1) is 0 Å². The van der Waals surface area contributed by atoms with Crippen molar-refractivity contribution in [3.8, 4) is 0 Å². The number of hydrogen-bond donors (Lipinski definition) is 4. The first kappa shape index (κ1) is 12.1. The van der Waals surface area contributed by atoms with Crippen molar-refractivity contribution in [2.45, 2.75) is 26.2 Å². The van der Waals surface area contributed by atoms with Crippen LogP contribution in [0.5, 0.6) is 0 Å². The van der Waals surface area contributed by atoms with E-state index in [2.05, 4.69) is 0 Å². The molecular weight excluding hydrogens is 140 g/mol. The van der Waals surface area contributed by atoms with Gasteiger partial charge in [0.05, 0.1) is 0 Å². The number of carboxylic acids is 1. The molecule has 0 aromatic heterocycles. The van der Waals surface area contributed by atoms with E-state index in [1.54, 1.807) is 0 Å². The van der Waals surface area contributed by atoms with Crippen LogP contribution < -0.4 is 0 Å². The van der Waals surface area contributed by atoms with Gasteiger partial charge in [-0.25, -0.2) is 4.79 Å². The largest absolute Gasteiger partial charge is 0.479 e. The summed E-state index contributed by atoms with van der Waals surface area (Å²) in [4.78, 5) is 9.45. The van der Waals surface area contributed by atoms with Gasteiger partial charge in [-0.05, 0) is 13.8 Å². The summed E-state index contributed by atoms with van der Waals surface area (Å²) >= 11 is 0. The minimum absolute atomic E-state index is 1.17. The molecule has 0 bridgehead atoms. The van der Waals surface area contributed by atoms with Crippen molar-refractivity contribution in [3.05, 3.63) is 0 Å². The van der Waals surface area contributed by atoms with Gasteiger partial charge in [0, 0.05) is 0 Å². The third-order valence-electron chi connectivity index (χ3n) is 0.357. The van der Waals surface area contributed by atoms with Crippen LogP contribution in [-0.4, -0.2) is 38.8 Å². The van der Waals surface area contributed by atoms with E-state index in [1.807, 2.05) is 0 Å². The van der Waals surface area contributed by atoms with Crippen LogP contribution in [0.1, 0.15) is 13.8 Å². The Hall–Kier alpha value is -0.650. The van der Waals surface area contributed by atoms with Gasteiger partial charge in [0.15, 0.2) is 0 Å². The topological polar surface area (TPSA) is 98.0 Å². The lowest BCUT2D eigenvalue weighted by Crippen LogP contribution is -2.13. The summed E-state index contributed by atoms with van der Waals surface area (Å²) < 4.78 is 0. The molecule has 0 aliphatic heterocycles. The maximum Gasteiger partial charge on any atom is 0.332 e. The van der Waals surface area contributed by atoms with Crippen molar-refractivity contribution in [3.63, 3.8) is 0 Å². The second-order valence-corrected chi connectivity index (χ2v) is 1.65. The van der Waals surface area contributed by atoms with E-state index in [0.717, 1.165) is 0 Å². The number of aliphatic hydroxyl groups excluding tert-OH is 2. The lowest BCUT2D eigenvalue weighted by molar-refractivity contribution is -0.145. The molecule has 4 N–H and O–H groups in total. The van der Waals surface area contributed by atoms with Crippen molar-refractivity contribution in [2.75, 3.05) is 0 Å². The number of carboxylic acid groups (broad SMARTS) is 1. The molecule has 1 unspecified atom stereocenters. The Bertz CT molecular complexity index is 85.3. The standard InChI is InChI=1S/C3H6O3.C2H6O2/c1-2(4)3(5)6;1-2(3)4/h2,4H,1H3,(H,5,6);2-4H,1H3. The van der Waals surface area contributed by atoms with Crippen LogP contribution in [0.4, 0.5) is 0 Å². The predicted octanol–water partition coefficient (Wildman–Crippen LogP) is -1.23. The van der Waals surface area contributed by atoms with Crippen LogP contribution in [0.2, 0.25) is 0 Å². The third-order valence-corrected chi connectivity index (χ3v) is 0.357. The molecule has 0 spiro atoms. The highest BCUT2D eigenvalue weighted by molar-refractivity contribution is 5.71. The van der Waals surface area contributed by atoms with Crippen molar-refractivity contribution in [1.82, 2.24) is 0 Å². The summed E-state index contributed by atoms with van der Waals surface area (Å²) in [5, 5.41) is 31.0. The van der Waals surface area contributed by atoms with Crippen LogP contribution >= 0.6 is 0 Å². The predicted molar refractivity (Wildman–Crippen MR) is 33.2 cm³/mol. The molecular formula is C5H12O5. The molecule has 1 atom stereocenters. The summed E-state index contributed by atoms with van der Waals surface area (Å²) in [6.07, 6.45) is -2.40. The molecule has 10 heavy (non-hydrogen) atoms. The summed E-state index contributed by atoms with van der Waals surface area (Å²) in [6.45, 7) is 2.47. The molecule has 0 radical (unpaired) electrons. The van der Waals surface area contributed by atoms with Crippen LogP contribution in [0.25, 0.3) is 0 Å². The Morgan fingerprint density at radius 2 is 1.30 bits per heavy atom. The Kier molecular flexibility index (Phi) is 7.81. The van der Waals surface area contributed by atoms with E-state index in [4.69, 9.17) is 20.4 Å². The minimum atomic E-state index is -1.23. The van der Waals surface area contributed by atoms with E-state index >= 15 is 0 Å². The second kappa shape index (κ2) is 6.47. The number of rotatable bonds is 1. The Labute approximate surface area is 58.5 Å². The van der Waals surface area contributed by atoms with Gasteiger partial charge >= 0.3 is 5.97 Å².